The average molecular weight is 1520 g/mol. The van der Waals surface area contributed by atoms with Crippen LogP contribution < -0.4 is 23.7 Å². The van der Waals surface area contributed by atoms with E-state index in [9.17, 15) is 32.7 Å². The lowest BCUT2D eigenvalue weighted by molar-refractivity contribution is 0.0342. The van der Waals surface area contributed by atoms with Crippen molar-refractivity contribution in [2.24, 2.45) is 0 Å². The highest BCUT2D eigenvalue weighted by atomic mass is 32.2. The Kier molecular flexibility index (Phi) is 20.6. The Bertz CT molecular complexity index is 5760. The number of sulfone groups is 1. The van der Waals surface area contributed by atoms with Crippen LogP contribution in [0.1, 0.15) is 186 Å². The van der Waals surface area contributed by atoms with Crippen molar-refractivity contribution in [2.45, 2.75) is 105 Å². The molecule has 562 valence electrons. The molecule has 3 heterocycles. The van der Waals surface area contributed by atoms with Crippen LogP contribution in [-0.2, 0) is 29.6 Å². The number of esters is 3. The molecular formula is C97H78O15S. The van der Waals surface area contributed by atoms with Crippen molar-refractivity contribution in [1.29, 1.82) is 0 Å². The summed E-state index contributed by atoms with van der Waals surface area (Å²) < 4.78 is 78.1. The lowest BCUT2D eigenvalue weighted by Gasteiger charge is -2.32. The van der Waals surface area contributed by atoms with Crippen LogP contribution in [0.4, 0.5) is 0 Å². The van der Waals surface area contributed by atoms with E-state index in [2.05, 4.69) is 13.8 Å². The molecule has 3 aliphatic rings. The van der Waals surface area contributed by atoms with Crippen LogP contribution in [0.5, 0.6) is 51.7 Å². The number of carbonyl (C=O) groups is 4. The molecule has 0 fully saturated rings. The van der Waals surface area contributed by atoms with Gasteiger partial charge in [-0.1, -0.05) is 172 Å². The number of fused-ring (bicyclic) bond motifs is 3. The molecule has 8 atom stereocenters. The van der Waals surface area contributed by atoms with Gasteiger partial charge in [0.1, 0.15) is 75.7 Å². The van der Waals surface area contributed by atoms with E-state index in [4.69, 9.17) is 37.9 Å². The molecule has 0 saturated heterocycles. The summed E-state index contributed by atoms with van der Waals surface area (Å²) >= 11 is 0. The van der Waals surface area contributed by atoms with Crippen LogP contribution in [0.3, 0.4) is 0 Å². The van der Waals surface area contributed by atoms with Crippen molar-refractivity contribution in [2.75, 3.05) is 0 Å². The molecule has 13 aromatic rings. The number of ether oxygens (including phenoxy) is 8. The van der Waals surface area contributed by atoms with E-state index in [-0.39, 0.29) is 51.2 Å². The zero-order chi connectivity index (χ0) is 77.9. The van der Waals surface area contributed by atoms with Gasteiger partial charge in [-0.25, -0.2) is 22.8 Å². The lowest BCUT2D eigenvalue weighted by atomic mass is 9.83. The number of carbonyl (C=O) groups excluding carboxylic acids is 4. The fraction of sp³-hybridized carbons (Fsp3) is 0.155. The summed E-state index contributed by atoms with van der Waals surface area (Å²) in [6.07, 6.45) is 0.672. The molecule has 0 amide bonds. The number of ketones is 1. The van der Waals surface area contributed by atoms with Crippen LogP contribution in [0.25, 0.3) is 0 Å². The standard InChI is InChI=1S/C97H78O15S/c1-5-59-97(4,112-78-49-31-66(32-50-78)87(61-21-37-70(98)38-22-61)91-81-13-7-10-16-84(81)94(100)109-91)69-35-19-67(20-36-69)90(99)68-33-47-75(48-34-68)106-72-41-25-64(26-42-72)89(93-83-15-9-12-18-86(83)96(102)111-93)65-29-45-74(46-30-65)108-77-53-57-80(58-54-77)113(103,104)79-55-51-76(52-56-79)107-73-43-27-63(28-44-73)88(62-23-39-71(40-24-62)105-60(3)6-2)92-82-14-8-11-17-85(82)95(101)110-92/h7-58,60,87-89,91-93,98H,5-6,59H2,1-4H3. The van der Waals surface area contributed by atoms with Gasteiger partial charge in [0.25, 0.3) is 0 Å². The van der Waals surface area contributed by atoms with Gasteiger partial charge >= 0.3 is 17.9 Å². The molecule has 0 radical (unpaired) electrons. The van der Waals surface area contributed by atoms with Crippen LogP contribution in [0.15, 0.2) is 325 Å². The van der Waals surface area contributed by atoms with Gasteiger partial charge in [-0.15, -0.1) is 0 Å². The maximum Gasteiger partial charge on any atom is 0.339 e. The average Bonchev–Trinajstić information content (AvgIpc) is 1.63. The number of benzene rings is 13. The smallest absolute Gasteiger partial charge is 0.339 e. The molecule has 1 N–H and O–H groups in total. The van der Waals surface area contributed by atoms with Crippen LogP contribution in [-0.4, -0.2) is 43.3 Å². The minimum Gasteiger partial charge on any atom is -0.508 e. The number of hydrogen-bond donors (Lipinski definition) is 1. The highest BCUT2D eigenvalue weighted by Crippen LogP contribution is 2.50. The first kappa shape index (κ1) is 73.8. The highest BCUT2D eigenvalue weighted by Gasteiger charge is 2.42. The second-order valence-corrected chi connectivity index (χ2v) is 30.7. The normalized spacial score (nSPS) is 16.3. The molecule has 0 aromatic heterocycles. The van der Waals surface area contributed by atoms with Gasteiger partial charge in [0.2, 0.25) is 9.84 Å². The van der Waals surface area contributed by atoms with Crippen molar-refractivity contribution in [3.05, 3.63) is 399 Å². The number of phenols is 1. The number of aromatic hydroxyl groups is 1. The van der Waals surface area contributed by atoms with Gasteiger partial charge in [0, 0.05) is 27.8 Å². The summed E-state index contributed by atoms with van der Waals surface area (Å²) in [6, 6.07) is 94.6. The van der Waals surface area contributed by atoms with Crippen molar-refractivity contribution in [3.63, 3.8) is 0 Å². The third kappa shape index (κ3) is 15.4. The second kappa shape index (κ2) is 31.6. The minimum absolute atomic E-state index is 0.0600. The van der Waals surface area contributed by atoms with Crippen molar-refractivity contribution in [3.8, 4) is 51.7 Å². The molecule has 16 rings (SSSR count). The van der Waals surface area contributed by atoms with E-state index < -0.39 is 45.6 Å². The zero-order valence-electron chi connectivity index (χ0n) is 62.3. The van der Waals surface area contributed by atoms with Crippen molar-refractivity contribution >= 4 is 33.5 Å². The SMILES string of the molecule is CCCC(C)(Oc1ccc(C(c2ccc(O)cc2)C2OC(=O)c3ccccc32)cc1)c1ccc(C(=O)c2ccc(Oc3ccc(C(c4ccc(Oc5ccc(S(=O)(=O)c6ccc(Oc7ccc(C(c8ccc(OC(C)CC)cc8)C8OC(=O)c9ccccc98)cc7)cc6)cc5)cc4)C4OC(=O)c5ccccc54)cc3)cc2)cc1. The molecule has 0 bridgehead atoms. The first-order valence-corrected chi connectivity index (χ1v) is 39.2. The fourth-order valence-electron chi connectivity index (χ4n) is 15.3. The topological polar surface area (TPSA) is 196 Å². The monoisotopic (exact) mass is 1510 g/mol. The summed E-state index contributed by atoms with van der Waals surface area (Å²) in [5.41, 5.74) is 10.5. The number of phenolic OH excluding ortho intramolecular Hbond substituents is 1. The van der Waals surface area contributed by atoms with Crippen LogP contribution in [0, 0.1) is 0 Å². The third-order valence-electron chi connectivity index (χ3n) is 21.4. The number of hydrogen-bond acceptors (Lipinski definition) is 15. The predicted molar refractivity (Wildman–Crippen MR) is 428 cm³/mol. The first-order chi connectivity index (χ1) is 54.9. The van der Waals surface area contributed by atoms with Gasteiger partial charge in [-0.3, -0.25) is 4.79 Å². The Labute approximate surface area is 655 Å². The first-order valence-electron chi connectivity index (χ1n) is 37.7. The van der Waals surface area contributed by atoms with Crippen LogP contribution in [0.2, 0.25) is 0 Å². The summed E-state index contributed by atoms with van der Waals surface area (Å²) in [6.45, 7) is 8.25. The van der Waals surface area contributed by atoms with E-state index >= 15 is 0 Å². The van der Waals surface area contributed by atoms with Gasteiger partial charge in [-0.2, -0.15) is 0 Å². The Morgan fingerprint density at radius 1 is 0.389 bits per heavy atom. The number of rotatable bonds is 27. The fourth-order valence-corrected chi connectivity index (χ4v) is 16.6. The summed E-state index contributed by atoms with van der Waals surface area (Å²) in [7, 11) is -3.96. The zero-order valence-corrected chi connectivity index (χ0v) is 63.1. The molecule has 3 aliphatic heterocycles. The Hall–Kier alpha value is -13.3. The second-order valence-electron chi connectivity index (χ2n) is 28.7. The van der Waals surface area contributed by atoms with Crippen LogP contribution >= 0.6 is 0 Å². The van der Waals surface area contributed by atoms with Gasteiger partial charge < -0.3 is 43.0 Å². The molecule has 8 unspecified atom stereocenters. The molecule has 0 saturated carbocycles. The Morgan fingerprint density at radius 3 is 1.02 bits per heavy atom. The van der Waals surface area contributed by atoms with Crippen molar-refractivity contribution < 1.29 is 70.6 Å². The Balaban J connectivity index is 0.551. The molecular weight excluding hydrogens is 1440 g/mol. The number of cyclic esters (lactones) is 3. The predicted octanol–water partition coefficient (Wildman–Crippen LogP) is 22.2. The van der Waals surface area contributed by atoms with Gasteiger partial charge in [0.05, 0.1) is 50.3 Å². The quantitative estimate of drug-likeness (QED) is 0.0290. The molecule has 0 spiro atoms. The molecule has 0 aliphatic carbocycles. The van der Waals surface area contributed by atoms with Gasteiger partial charge in [0.15, 0.2) is 5.78 Å². The summed E-state index contributed by atoms with van der Waals surface area (Å²) in [4.78, 5) is 53.7. The maximum atomic E-state index is 14.0. The van der Waals surface area contributed by atoms with E-state index in [1.54, 1.807) is 78.9 Å². The molecule has 16 heteroatoms. The largest absolute Gasteiger partial charge is 0.508 e. The van der Waals surface area contributed by atoms with E-state index in [0.29, 0.717) is 74.5 Å². The summed E-state index contributed by atoms with van der Waals surface area (Å²) in [5.74, 6) is 2.04. The van der Waals surface area contributed by atoms with E-state index in [0.717, 1.165) is 74.2 Å². The molecule has 13 aromatic carbocycles. The molecule has 15 nitrogen and oxygen atoms in total. The maximum absolute atomic E-state index is 14.0. The van der Waals surface area contributed by atoms with E-state index in [1.807, 2.05) is 226 Å². The third-order valence-corrected chi connectivity index (χ3v) is 23.1. The van der Waals surface area contributed by atoms with E-state index in [1.165, 1.54) is 24.3 Å². The van der Waals surface area contributed by atoms with Gasteiger partial charge in [-0.05, 0) is 229 Å². The molecule has 113 heavy (non-hydrogen) atoms. The Morgan fingerprint density at radius 2 is 0.681 bits per heavy atom. The highest BCUT2D eigenvalue weighted by molar-refractivity contribution is 7.91. The lowest BCUT2D eigenvalue weighted by Crippen LogP contribution is -2.29. The minimum atomic E-state index is -3.96. The summed E-state index contributed by atoms with van der Waals surface area (Å²) in [5, 5.41) is 10.1. The van der Waals surface area contributed by atoms with Crippen molar-refractivity contribution in [1.82, 2.24) is 0 Å².